The van der Waals surface area contributed by atoms with Gasteiger partial charge in [0, 0.05) is 22.4 Å². The van der Waals surface area contributed by atoms with Gasteiger partial charge >= 0.3 is 0 Å². The average Bonchev–Trinajstić information content (AvgIpc) is 3.87. The Morgan fingerprint density at radius 3 is 1.75 bits per heavy atom. The third kappa shape index (κ3) is 5.50. The van der Waals surface area contributed by atoms with Gasteiger partial charge in [0.2, 0.25) is 0 Å². The van der Waals surface area contributed by atoms with Crippen LogP contribution < -0.4 is 0 Å². The van der Waals surface area contributed by atoms with E-state index in [4.69, 9.17) is 0 Å². The fourth-order valence-corrected chi connectivity index (χ4v) is 11.4. The Morgan fingerprint density at radius 2 is 0.984 bits per heavy atom. The van der Waals surface area contributed by atoms with Crippen molar-refractivity contribution in [1.82, 2.24) is 4.57 Å². The Balaban J connectivity index is 0.941. The summed E-state index contributed by atoms with van der Waals surface area (Å²) in [7, 11) is 0. The summed E-state index contributed by atoms with van der Waals surface area (Å²) in [5.41, 5.74) is 20.0. The summed E-state index contributed by atoms with van der Waals surface area (Å²) in [6.45, 7) is 0. The van der Waals surface area contributed by atoms with Crippen molar-refractivity contribution in [2.24, 2.45) is 0 Å². The Kier molecular flexibility index (Phi) is 8.33. The molecule has 1 nitrogen and oxygen atoms in total. The van der Waals surface area contributed by atoms with Gasteiger partial charge in [-0.2, -0.15) is 0 Å². The van der Waals surface area contributed by atoms with Crippen LogP contribution in [-0.2, 0) is 11.8 Å². The molecule has 2 aliphatic carbocycles. The normalized spacial score (nSPS) is 14.7. The van der Waals surface area contributed by atoms with E-state index in [9.17, 15) is 0 Å². The molecule has 0 N–H and O–H groups in total. The van der Waals surface area contributed by atoms with Crippen LogP contribution in [0.3, 0.4) is 0 Å². The topological polar surface area (TPSA) is 4.93 Å². The molecule has 0 spiro atoms. The van der Waals surface area contributed by atoms with Crippen molar-refractivity contribution in [2.75, 3.05) is 0 Å². The van der Waals surface area contributed by atoms with Crippen LogP contribution in [0.25, 0.3) is 77.7 Å². The minimum absolute atomic E-state index is 0.327. The van der Waals surface area contributed by atoms with Crippen molar-refractivity contribution in [3.63, 3.8) is 0 Å². The van der Waals surface area contributed by atoms with Crippen LogP contribution in [0, 0.1) is 0 Å². The zero-order valence-corrected chi connectivity index (χ0v) is 35.3. The van der Waals surface area contributed by atoms with E-state index in [1.165, 1.54) is 105 Å². The number of para-hydroxylation sites is 1. The molecule has 300 valence electrons. The largest absolute Gasteiger partial charge is 0.309 e. The fraction of sp³-hybridized carbons (Fsp3) is 0.0476. The smallest absolute Gasteiger partial charge is 0.0714 e. The lowest BCUT2D eigenvalue weighted by Gasteiger charge is -2.34. The lowest BCUT2D eigenvalue weighted by Crippen LogP contribution is -2.28. The van der Waals surface area contributed by atoms with Crippen LogP contribution in [0.15, 0.2) is 237 Å². The molecule has 0 fully saturated rings. The first-order valence-corrected chi connectivity index (χ1v) is 22.5. The fourth-order valence-electron chi connectivity index (χ4n) is 11.4. The van der Waals surface area contributed by atoms with Crippen molar-refractivity contribution in [3.8, 4) is 39.1 Å². The van der Waals surface area contributed by atoms with Gasteiger partial charge in [-0.1, -0.05) is 206 Å². The van der Waals surface area contributed by atoms with Gasteiger partial charge in [-0.3, -0.25) is 0 Å². The van der Waals surface area contributed by atoms with E-state index in [0.29, 0.717) is 5.92 Å². The molecule has 0 bridgehead atoms. The van der Waals surface area contributed by atoms with Gasteiger partial charge in [-0.25, -0.2) is 0 Å². The molecule has 11 aromatic rings. The SMILES string of the molecule is C1=CC(c2ccc(-c3ccccc3)cc2)Cc2c1cc(-c1ccc3c(c1)c1ccccc1n3-c1ccc3c(c1)C(c1ccccc1)(c1ccccc1)c1ccccc1-3)c1ccccc21. The molecule has 1 atom stereocenters. The molecule has 0 aliphatic heterocycles. The lowest BCUT2D eigenvalue weighted by atomic mass is 9.67. The zero-order valence-electron chi connectivity index (χ0n) is 35.3. The molecule has 13 rings (SSSR count). The molecule has 64 heavy (non-hydrogen) atoms. The summed E-state index contributed by atoms with van der Waals surface area (Å²) in [5, 5.41) is 5.15. The van der Waals surface area contributed by atoms with E-state index in [1.807, 2.05) is 0 Å². The third-order valence-electron chi connectivity index (χ3n) is 14.3. The Hall–Kier alpha value is -8.00. The summed E-state index contributed by atoms with van der Waals surface area (Å²) >= 11 is 0. The molecule has 1 heteroatoms. The van der Waals surface area contributed by atoms with Gasteiger partial charge in [0.1, 0.15) is 0 Å². The van der Waals surface area contributed by atoms with Crippen LogP contribution in [0.2, 0.25) is 0 Å². The van der Waals surface area contributed by atoms with Crippen molar-refractivity contribution >= 4 is 38.7 Å². The molecule has 10 aromatic carbocycles. The van der Waals surface area contributed by atoms with Crippen molar-refractivity contribution in [2.45, 2.75) is 17.8 Å². The van der Waals surface area contributed by atoms with Crippen LogP contribution >= 0.6 is 0 Å². The highest BCUT2D eigenvalue weighted by Crippen LogP contribution is 2.56. The number of rotatable bonds is 6. The van der Waals surface area contributed by atoms with E-state index in [1.54, 1.807) is 0 Å². The molecule has 0 saturated heterocycles. The number of aromatic nitrogens is 1. The second kappa shape index (κ2) is 14.5. The Morgan fingerprint density at radius 1 is 0.391 bits per heavy atom. The number of benzene rings is 10. The lowest BCUT2D eigenvalue weighted by molar-refractivity contribution is 0.767. The van der Waals surface area contributed by atoms with Crippen molar-refractivity contribution in [1.29, 1.82) is 0 Å². The van der Waals surface area contributed by atoms with Crippen molar-refractivity contribution < 1.29 is 0 Å². The maximum atomic E-state index is 2.48. The zero-order chi connectivity index (χ0) is 42.2. The quantitative estimate of drug-likeness (QED) is 0.158. The van der Waals surface area contributed by atoms with Gasteiger partial charge in [0.25, 0.3) is 0 Å². The van der Waals surface area contributed by atoms with Gasteiger partial charge < -0.3 is 4.57 Å². The summed E-state index contributed by atoms with van der Waals surface area (Å²) < 4.78 is 2.48. The third-order valence-corrected chi connectivity index (χ3v) is 14.3. The summed E-state index contributed by atoms with van der Waals surface area (Å²) in [5.74, 6) is 0.327. The minimum Gasteiger partial charge on any atom is -0.309 e. The number of fused-ring (bicyclic) bond motifs is 9. The van der Waals surface area contributed by atoms with Gasteiger partial charge in [0.05, 0.1) is 16.4 Å². The number of nitrogens with zero attached hydrogens (tertiary/aromatic N) is 1. The van der Waals surface area contributed by atoms with E-state index in [0.717, 1.165) is 12.1 Å². The molecule has 1 heterocycles. The van der Waals surface area contributed by atoms with Gasteiger partial charge in [-0.15, -0.1) is 0 Å². The van der Waals surface area contributed by atoms with Crippen LogP contribution in [-0.4, -0.2) is 4.57 Å². The number of allylic oxidation sites excluding steroid dienone is 1. The minimum atomic E-state index is -0.467. The van der Waals surface area contributed by atoms with Gasteiger partial charge in [-0.05, 0) is 126 Å². The molecular weight excluding hydrogens is 771 g/mol. The van der Waals surface area contributed by atoms with Crippen LogP contribution in [0.5, 0.6) is 0 Å². The predicted octanol–water partition coefficient (Wildman–Crippen LogP) is 16.0. The van der Waals surface area contributed by atoms with E-state index >= 15 is 0 Å². The second-order valence-corrected chi connectivity index (χ2v) is 17.5. The average molecular weight is 814 g/mol. The monoisotopic (exact) mass is 813 g/mol. The maximum absolute atomic E-state index is 2.48. The molecular formula is C63H43N. The Labute approximate surface area is 373 Å². The standard InChI is InChI=1S/C63H43N/c1-4-16-42(17-5-1)43-28-30-44(31-29-43)45-32-33-46-39-57(52-23-11-10-22-51(52)56(46)38-45)47-34-37-62-58(40-47)55-25-13-15-27-61(55)64(62)50-35-36-54-53-24-12-14-26-59(53)63(60(54)41-50,48-18-6-2-7-19-48)49-20-8-3-9-21-49/h1-37,39-41,45H,38H2. The molecule has 0 radical (unpaired) electrons. The highest BCUT2D eigenvalue weighted by atomic mass is 15.0. The molecule has 1 aromatic heterocycles. The molecule has 1 unspecified atom stereocenters. The number of hydrogen-bond donors (Lipinski definition) is 0. The van der Waals surface area contributed by atoms with Crippen LogP contribution in [0.4, 0.5) is 0 Å². The number of hydrogen-bond acceptors (Lipinski definition) is 0. The van der Waals surface area contributed by atoms with E-state index in [-0.39, 0.29) is 0 Å². The maximum Gasteiger partial charge on any atom is 0.0714 e. The van der Waals surface area contributed by atoms with Crippen molar-refractivity contribution in [3.05, 3.63) is 276 Å². The predicted molar refractivity (Wildman–Crippen MR) is 268 cm³/mol. The first-order chi connectivity index (χ1) is 31.7. The highest BCUT2D eigenvalue weighted by molar-refractivity contribution is 6.12. The Bertz CT molecular complexity index is 3570. The summed E-state index contributed by atoms with van der Waals surface area (Å²) in [6, 6.07) is 85.7. The van der Waals surface area contributed by atoms with Gasteiger partial charge in [0.15, 0.2) is 0 Å². The molecule has 0 amide bonds. The first-order valence-electron chi connectivity index (χ1n) is 22.5. The molecule has 2 aliphatic rings. The second-order valence-electron chi connectivity index (χ2n) is 17.5. The summed E-state index contributed by atoms with van der Waals surface area (Å²) in [6.07, 6.45) is 5.76. The van der Waals surface area contributed by atoms with Crippen LogP contribution in [0.1, 0.15) is 44.9 Å². The molecule has 0 saturated carbocycles. The van der Waals surface area contributed by atoms with E-state index in [2.05, 4.69) is 247 Å². The first kappa shape index (κ1) is 36.6. The summed E-state index contributed by atoms with van der Waals surface area (Å²) in [4.78, 5) is 0. The highest BCUT2D eigenvalue weighted by Gasteiger charge is 2.46. The van der Waals surface area contributed by atoms with E-state index < -0.39 is 5.41 Å².